The molecule has 0 aliphatic carbocycles. The summed E-state index contributed by atoms with van der Waals surface area (Å²) in [4.78, 5) is 26.4. The Balaban J connectivity index is 2.11. The number of hydrogen-bond acceptors (Lipinski definition) is 5. The van der Waals surface area contributed by atoms with Crippen LogP contribution in [-0.2, 0) is 14.6 Å². The predicted octanol–water partition coefficient (Wildman–Crippen LogP) is -0.897. The molecule has 0 saturated carbocycles. The number of aliphatic carboxylic acids is 1. The van der Waals surface area contributed by atoms with E-state index >= 15 is 0 Å². The highest BCUT2D eigenvalue weighted by molar-refractivity contribution is 7.91. The zero-order chi connectivity index (χ0) is 15.6. The van der Waals surface area contributed by atoms with Crippen LogP contribution in [-0.4, -0.2) is 78.5 Å². The van der Waals surface area contributed by atoms with Crippen molar-refractivity contribution in [3.8, 4) is 0 Å². The Kier molecular flexibility index (Phi) is 4.72. The van der Waals surface area contributed by atoms with E-state index in [1.807, 2.05) is 0 Å². The zero-order valence-electron chi connectivity index (χ0n) is 11.8. The quantitative estimate of drug-likeness (QED) is 0.680. The van der Waals surface area contributed by atoms with Crippen LogP contribution in [0.2, 0.25) is 0 Å². The SMILES string of the molecule is NC1CCCN(C(=O)N2CCS(=O)(=O)CC2CC(=O)O)C1. The molecular weight excluding hydrogens is 298 g/mol. The summed E-state index contributed by atoms with van der Waals surface area (Å²) in [6, 6.07) is -1.17. The average Bonchev–Trinajstić information content (AvgIpc) is 2.36. The van der Waals surface area contributed by atoms with Crippen molar-refractivity contribution < 1.29 is 23.1 Å². The van der Waals surface area contributed by atoms with E-state index in [-0.39, 0.29) is 36.5 Å². The van der Waals surface area contributed by atoms with Crippen molar-refractivity contribution >= 4 is 21.8 Å². The molecule has 2 amide bonds. The number of rotatable bonds is 2. The summed E-state index contributed by atoms with van der Waals surface area (Å²) >= 11 is 0. The largest absolute Gasteiger partial charge is 0.481 e. The molecule has 2 saturated heterocycles. The van der Waals surface area contributed by atoms with Gasteiger partial charge in [-0.1, -0.05) is 0 Å². The maximum Gasteiger partial charge on any atom is 0.320 e. The summed E-state index contributed by atoms with van der Waals surface area (Å²) in [7, 11) is -3.29. The second-order valence-electron chi connectivity index (χ2n) is 5.69. The van der Waals surface area contributed by atoms with Crippen molar-refractivity contribution in [1.82, 2.24) is 9.80 Å². The fourth-order valence-electron chi connectivity index (χ4n) is 2.87. The summed E-state index contributed by atoms with van der Waals surface area (Å²) < 4.78 is 23.3. The third-order valence-corrected chi connectivity index (χ3v) is 5.61. The lowest BCUT2D eigenvalue weighted by Gasteiger charge is -2.40. The number of carboxylic acids is 1. The number of likely N-dealkylation sites (tertiary alicyclic amines) is 1. The van der Waals surface area contributed by atoms with E-state index in [0.29, 0.717) is 13.1 Å². The number of urea groups is 1. The van der Waals surface area contributed by atoms with E-state index in [1.165, 1.54) is 4.90 Å². The van der Waals surface area contributed by atoms with E-state index in [0.717, 1.165) is 12.8 Å². The van der Waals surface area contributed by atoms with Crippen LogP contribution < -0.4 is 5.73 Å². The number of amides is 2. The van der Waals surface area contributed by atoms with Gasteiger partial charge < -0.3 is 20.6 Å². The third-order valence-electron chi connectivity index (χ3n) is 3.91. The van der Waals surface area contributed by atoms with Gasteiger partial charge in [0.2, 0.25) is 0 Å². The molecular formula is C12H21N3O5S. The van der Waals surface area contributed by atoms with Crippen molar-refractivity contribution in [2.75, 3.05) is 31.1 Å². The van der Waals surface area contributed by atoms with E-state index in [9.17, 15) is 18.0 Å². The van der Waals surface area contributed by atoms with Crippen LogP contribution in [0.15, 0.2) is 0 Å². The van der Waals surface area contributed by atoms with Crippen molar-refractivity contribution in [2.45, 2.75) is 31.3 Å². The van der Waals surface area contributed by atoms with Crippen LogP contribution in [0, 0.1) is 0 Å². The number of carbonyl (C=O) groups excluding carboxylic acids is 1. The fourth-order valence-corrected chi connectivity index (χ4v) is 4.40. The molecule has 9 heteroatoms. The fraction of sp³-hybridized carbons (Fsp3) is 0.833. The van der Waals surface area contributed by atoms with E-state index in [2.05, 4.69) is 0 Å². The minimum Gasteiger partial charge on any atom is -0.481 e. The van der Waals surface area contributed by atoms with Crippen LogP contribution in [0.1, 0.15) is 19.3 Å². The van der Waals surface area contributed by atoms with Gasteiger partial charge in [-0.05, 0) is 12.8 Å². The first-order valence-corrected chi connectivity index (χ1v) is 8.84. The molecule has 2 rings (SSSR count). The molecule has 0 aromatic heterocycles. The molecule has 2 aliphatic heterocycles. The number of hydrogen-bond donors (Lipinski definition) is 2. The minimum absolute atomic E-state index is 0.0465. The molecule has 2 unspecified atom stereocenters. The molecule has 120 valence electrons. The van der Waals surface area contributed by atoms with E-state index in [4.69, 9.17) is 10.8 Å². The van der Waals surface area contributed by atoms with Gasteiger partial charge in [0.1, 0.15) is 0 Å². The topological polar surface area (TPSA) is 121 Å². The van der Waals surface area contributed by atoms with Gasteiger partial charge >= 0.3 is 12.0 Å². The highest BCUT2D eigenvalue weighted by Gasteiger charge is 2.37. The van der Waals surface area contributed by atoms with Gasteiger partial charge in [-0.15, -0.1) is 0 Å². The lowest BCUT2D eigenvalue weighted by atomic mass is 10.1. The van der Waals surface area contributed by atoms with Gasteiger partial charge in [0.15, 0.2) is 9.84 Å². The molecule has 21 heavy (non-hydrogen) atoms. The first-order valence-electron chi connectivity index (χ1n) is 7.02. The first kappa shape index (κ1) is 16.0. The van der Waals surface area contributed by atoms with Crippen LogP contribution >= 0.6 is 0 Å². The highest BCUT2D eigenvalue weighted by atomic mass is 32.2. The normalized spacial score (nSPS) is 29.2. The molecule has 2 aliphatic rings. The Bertz CT molecular complexity index is 521. The standard InChI is InChI=1S/C12H21N3O5S/c13-9-2-1-3-14(7-9)12(18)15-4-5-21(19,20)8-10(15)6-11(16)17/h9-10H,1-8,13H2,(H,16,17). The van der Waals surface area contributed by atoms with Gasteiger partial charge in [0.05, 0.1) is 24.0 Å². The Morgan fingerprint density at radius 3 is 2.62 bits per heavy atom. The average molecular weight is 319 g/mol. The molecule has 0 aromatic rings. The number of piperidine rings is 1. The first-order chi connectivity index (χ1) is 9.78. The summed E-state index contributed by atoms with van der Waals surface area (Å²) in [5.74, 6) is -1.51. The zero-order valence-corrected chi connectivity index (χ0v) is 12.6. The van der Waals surface area contributed by atoms with Crippen molar-refractivity contribution in [2.24, 2.45) is 5.73 Å². The third kappa shape index (κ3) is 4.07. The summed E-state index contributed by atoms with van der Waals surface area (Å²) in [5.41, 5.74) is 5.85. The van der Waals surface area contributed by atoms with E-state index in [1.54, 1.807) is 4.90 Å². The predicted molar refractivity (Wildman–Crippen MR) is 75.6 cm³/mol. The van der Waals surface area contributed by atoms with Crippen LogP contribution in [0.3, 0.4) is 0 Å². The molecule has 8 nitrogen and oxygen atoms in total. The van der Waals surface area contributed by atoms with Gasteiger partial charge in [-0.25, -0.2) is 13.2 Å². The van der Waals surface area contributed by atoms with Gasteiger partial charge in [0.25, 0.3) is 0 Å². The summed E-state index contributed by atoms with van der Waals surface area (Å²) in [6.45, 7) is 1.06. The molecule has 2 fully saturated rings. The monoisotopic (exact) mass is 319 g/mol. The number of sulfone groups is 1. The molecule has 3 N–H and O–H groups in total. The van der Waals surface area contributed by atoms with Gasteiger partial charge in [-0.2, -0.15) is 0 Å². The number of carbonyl (C=O) groups is 2. The Morgan fingerprint density at radius 1 is 1.29 bits per heavy atom. The number of nitrogens with zero attached hydrogens (tertiary/aromatic N) is 2. The molecule has 0 aromatic carbocycles. The maximum atomic E-state index is 12.5. The van der Waals surface area contributed by atoms with Crippen molar-refractivity contribution in [3.63, 3.8) is 0 Å². The van der Waals surface area contributed by atoms with Crippen LogP contribution in [0.5, 0.6) is 0 Å². The smallest absolute Gasteiger partial charge is 0.320 e. The van der Waals surface area contributed by atoms with Gasteiger partial charge in [0, 0.05) is 25.7 Å². The van der Waals surface area contributed by atoms with E-state index < -0.39 is 21.8 Å². The van der Waals surface area contributed by atoms with Crippen molar-refractivity contribution in [3.05, 3.63) is 0 Å². The van der Waals surface area contributed by atoms with Crippen molar-refractivity contribution in [1.29, 1.82) is 0 Å². The summed E-state index contributed by atoms with van der Waals surface area (Å²) in [6.07, 6.45) is 1.31. The maximum absolute atomic E-state index is 12.5. The minimum atomic E-state index is -3.29. The molecule has 2 atom stereocenters. The molecule has 0 radical (unpaired) electrons. The number of nitrogens with two attached hydrogens (primary N) is 1. The molecule has 0 bridgehead atoms. The van der Waals surface area contributed by atoms with Crippen LogP contribution in [0.4, 0.5) is 4.79 Å². The number of carboxylic acid groups (broad SMARTS) is 1. The Morgan fingerprint density at radius 2 is 2.00 bits per heavy atom. The Hall–Kier alpha value is -1.35. The molecule has 0 spiro atoms. The summed E-state index contributed by atoms with van der Waals surface area (Å²) in [5, 5.41) is 8.92. The van der Waals surface area contributed by atoms with Crippen LogP contribution in [0.25, 0.3) is 0 Å². The van der Waals surface area contributed by atoms with Gasteiger partial charge in [-0.3, -0.25) is 4.79 Å². The second-order valence-corrected chi connectivity index (χ2v) is 7.92. The highest BCUT2D eigenvalue weighted by Crippen LogP contribution is 2.19. The molecule has 2 heterocycles. The lowest BCUT2D eigenvalue weighted by Crippen LogP contribution is -2.58. The lowest BCUT2D eigenvalue weighted by molar-refractivity contribution is -0.138. The Labute approximate surface area is 123 Å². The second kappa shape index (κ2) is 6.18.